The van der Waals surface area contributed by atoms with Gasteiger partial charge >= 0.3 is 0 Å². The van der Waals surface area contributed by atoms with Gasteiger partial charge in [0, 0.05) is 6.54 Å². The first-order valence-corrected chi connectivity index (χ1v) is 3.62. The lowest BCUT2D eigenvalue weighted by molar-refractivity contribution is 0.942. The number of hydrogen-bond donors (Lipinski definition) is 2. The second kappa shape index (κ2) is 3.88. The lowest BCUT2D eigenvalue weighted by atomic mass is 10.1. The van der Waals surface area contributed by atoms with Crippen molar-refractivity contribution in [2.45, 2.75) is 0 Å². The maximum atomic E-state index is 7.57. The van der Waals surface area contributed by atoms with E-state index in [1.54, 1.807) is 0 Å². The molecule has 0 amide bonds. The third-order valence-corrected chi connectivity index (χ3v) is 1.48. The molecule has 2 nitrogen and oxygen atoms in total. The molecule has 1 aromatic rings. The molecule has 0 unspecified atom stereocenters. The third kappa shape index (κ3) is 2.16. The Labute approximate surface area is 66.8 Å². The van der Waals surface area contributed by atoms with Crippen molar-refractivity contribution < 1.29 is 0 Å². The molecule has 11 heavy (non-hydrogen) atoms. The Balaban J connectivity index is 2.69. The van der Waals surface area contributed by atoms with Crippen LogP contribution in [0.1, 0.15) is 5.56 Å². The van der Waals surface area contributed by atoms with Crippen LogP contribution in [-0.2, 0) is 0 Å². The van der Waals surface area contributed by atoms with Crippen LogP contribution in [0.3, 0.4) is 0 Å². The first kappa shape index (κ1) is 7.95. The van der Waals surface area contributed by atoms with Crippen molar-refractivity contribution in [2.75, 3.05) is 13.6 Å². The molecule has 1 aromatic carbocycles. The zero-order valence-electron chi connectivity index (χ0n) is 6.59. The summed E-state index contributed by atoms with van der Waals surface area (Å²) >= 11 is 0. The Bertz CT molecular complexity index is 229. The van der Waals surface area contributed by atoms with Crippen LogP contribution in [0.4, 0.5) is 0 Å². The van der Waals surface area contributed by atoms with Crippen LogP contribution in [-0.4, -0.2) is 19.3 Å². The molecule has 0 aliphatic carbocycles. The van der Waals surface area contributed by atoms with Crippen LogP contribution in [0.15, 0.2) is 30.3 Å². The molecular formula is C9H12N2. The van der Waals surface area contributed by atoms with Gasteiger partial charge in [0.2, 0.25) is 0 Å². The molecule has 0 heterocycles. The summed E-state index contributed by atoms with van der Waals surface area (Å²) in [5.74, 6) is 0. The maximum absolute atomic E-state index is 7.57. The molecule has 0 bridgehead atoms. The molecule has 0 radical (unpaired) electrons. The highest BCUT2D eigenvalue weighted by atomic mass is 14.8. The molecular weight excluding hydrogens is 136 g/mol. The highest BCUT2D eigenvalue weighted by molar-refractivity contribution is 5.99. The average molecular weight is 148 g/mol. The topological polar surface area (TPSA) is 35.9 Å². The Hall–Kier alpha value is -1.15. The first-order valence-electron chi connectivity index (χ1n) is 3.62. The van der Waals surface area contributed by atoms with Gasteiger partial charge in [-0.2, -0.15) is 0 Å². The minimum Gasteiger partial charge on any atom is -0.314 e. The number of hydrogen-bond acceptors (Lipinski definition) is 2. The predicted octanol–water partition coefficient (Wildman–Crippen LogP) is 1.27. The predicted molar refractivity (Wildman–Crippen MR) is 47.2 cm³/mol. The van der Waals surface area contributed by atoms with E-state index in [1.165, 1.54) is 0 Å². The van der Waals surface area contributed by atoms with E-state index in [0.29, 0.717) is 12.3 Å². The van der Waals surface area contributed by atoms with Crippen molar-refractivity contribution in [3.63, 3.8) is 0 Å². The van der Waals surface area contributed by atoms with E-state index in [9.17, 15) is 0 Å². The minimum atomic E-state index is 0.629. The SMILES string of the molecule is CNCC(=N)c1ccccc1. The monoisotopic (exact) mass is 148 g/mol. The number of likely N-dealkylation sites (N-methyl/N-ethyl adjacent to an activating group) is 1. The molecule has 2 N–H and O–H groups in total. The molecule has 0 aliphatic heterocycles. The number of benzene rings is 1. The molecule has 0 saturated carbocycles. The van der Waals surface area contributed by atoms with Gasteiger partial charge in [-0.1, -0.05) is 30.3 Å². The van der Waals surface area contributed by atoms with Crippen molar-refractivity contribution in [3.05, 3.63) is 35.9 Å². The largest absolute Gasteiger partial charge is 0.314 e. The Morgan fingerprint density at radius 3 is 2.55 bits per heavy atom. The summed E-state index contributed by atoms with van der Waals surface area (Å²) in [6, 6.07) is 9.73. The van der Waals surface area contributed by atoms with Gasteiger partial charge in [0.15, 0.2) is 0 Å². The summed E-state index contributed by atoms with van der Waals surface area (Å²) in [6.45, 7) is 0.629. The van der Waals surface area contributed by atoms with Crippen molar-refractivity contribution in [2.24, 2.45) is 0 Å². The van der Waals surface area contributed by atoms with Crippen molar-refractivity contribution in [3.8, 4) is 0 Å². The number of nitrogens with one attached hydrogen (secondary N) is 2. The van der Waals surface area contributed by atoms with Gasteiger partial charge in [0.1, 0.15) is 0 Å². The van der Waals surface area contributed by atoms with E-state index in [1.807, 2.05) is 37.4 Å². The molecule has 0 spiro atoms. The molecule has 0 aromatic heterocycles. The molecule has 0 fully saturated rings. The molecule has 1 rings (SSSR count). The molecule has 2 heteroatoms. The van der Waals surface area contributed by atoms with E-state index < -0.39 is 0 Å². The Morgan fingerprint density at radius 2 is 2.00 bits per heavy atom. The van der Waals surface area contributed by atoms with Crippen LogP contribution in [0, 0.1) is 5.41 Å². The fourth-order valence-corrected chi connectivity index (χ4v) is 0.918. The second-order valence-corrected chi connectivity index (χ2v) is 2.37. The van der Waals surface area contributed by atoms with Gasteiger partial charge in [-0.25, -0.2) is 0 Å². The highest BCUT2D eigenvalue weighted by Gasteiger charge is 1.96. The second-order valence-electron chi connectivity index (χ2n) is 2.37. The molecule has 58 valence electrons. The van der Waals surface area contributed by atoms with Gasteiger partial charge in [0.05, 0.1) is 5.71 Å². The Kier molecular flexibility index (Phi) is 2.81. The Morgan fingerprint density at radius 1 is 1.36 bits per heavy atom. The van der Waals surface area contributed by atoms with E-state index in [-0.39, 0.29) is 0 Å². The summed E-state index contributed by atoms with van der Waals surface area (Å²) in [4.78, 5) is 0. The third-order valence-electron chi connectivity index (χ3n) is 1.48. The van der Waals surface area contributed by atoms with Gasteiger partial charge < -0.3 is 10.7 Å². The van der Waals surface area contributed by atoms with Crippen molar-refractivity contribution >= 4 is 5.71 Å². The summed E-state index contributed by atoms with van der Waals surface area (Å²) in [5.41, 5.74) is 1.62. The minimum absolute atomic E-state index is 0.629. The first-order chi connectivity index (χ1) is 5.34. The van der Waals surface area contributed by atoms with Crippen molar-refractivity contribution in [1.29, 1.82) is 5.41 Å². The lowest BCUT2D eigenvalue weighted by Gasteiger charge is -2.01. The van der Waals surface area contributed by atoms with E-state index >= 15 is 0 Å². The number of rotatable bonds is 3. The van der Waals surface area contributed by atoms with E-state index in [4.69, 9.17) is 5.41 Å². The zero-order chi connectivity index (χ0) is 8.10. The van der Waals surface area contributed by atoms with Gasteiger partial charge in [-0.15, -0.1) is 0 Å². The van der Waals surface area contributed by atoms with Crippen LogP contribution in [0.25, 0.3) is 0 Å². The summed E-state index contributed by atoms with van der Waals surface area (Å²) in [7, 11) is 1.84. The van der Waals surface area contributed by atoms with Crippen molar-refractivity contribution in [1.82, 2.24) is 5.32 Å². The average Bonchev–Trinajstić information content (AvgIpc) is 2.07. The van der Waals surface area contributed by atoms with E-state index in [2.05, 4.69) is 5.32 Å². The van der Waals surface area contributed by atoms with Crippen LogP contribution in [0.2, 0.25) is 0 Å². The summed E-state index contributed by atoms with van der Waals surface area (Å²) in [5, 5.41) is 10.5. The summed E-state index contributed by atoms with van der Waals surface area (Å²) < 4.78 is 0. The maximum Gasteiger partial charge on any atom is 0.0524 e. The van der Waals surface area contributed by atoms with Crippen LogP contribution < -0.4 is 5.32 Å². The normalized spacial score (nSPS) is 9.55. The highest BCUT2D eigenvalue weighted by Crippen LogP contribution is 1.97. The van der Waals surface area contributed by atoms with Gasteiger partial charge in [0.25, 0.3) is 0 Å². The molecule has 0 atom stereocenters. The molecule has 0 saturated heterocycles. The van der Waals surface area contributed by atoms with Gasteiger partial charge in [-0.05, 0) is 12.6 Å². The fourth-order valence-electron chi connectivity index (χ4n) is 0.918. The summed E-state index contributed by atoms with van der Waals surface area (Å²) in [6.07, 6.45) is 0. The zero-order valence-corrected chi connectivity index (χ0v) is 6.59. The van der Waals surface area contributed by atoms with Gasteiger partial charge in [-0.3, -0.25) is 0 Å². The quantitative estimate of drug-likeness (QED) is 0.622. The van der Waals surface area contributed by atoms with Crippen LogP contribution >= 0.6 is 0 Å². The smallest absolute Gasteiger partial charge is 0.0524 e. The van der Waals surface area contributed by atoms with Crippen LogP contribution in [0.5, 0.6) is 0 Å². The van der Waals surface area contributed by atoms with E-state index in [0.717, 1.165) is 5.56 Å². The fraction of sp³-hybridized carbons (Fsp3) is 0.222. The molecule has 0 aliphatic rings. The standard InChI is InChI=1S/C9H12N2/c1-11-7-9(10)8-5-3-2-4-6-8/h2-6,10-11H,7H2,1H3. The lowest BCUT2D eigenvalue weighted by Crippen LogP contribution is -2.18.